The summed E-state index contributed by atoms with van der Waals surface area (Å²) in [5, 5.41) is 10.7. The van der Waals surface area contributed by atoms with Gasteiger partial charge in [0, 0.05) is 17.0 Å². The highest BCUT2D eigenvalue weighted by molar-refractivity contribution is 7.16. The molecule has 20 heavy (non-hydrogen) atoms. The Balaban J connectivity index is 2.22. The first-order valence-electron chi connectivity index (χ1n) is 5.64. The van der Waals surface area contributed by atoms with Gasteiger partial charge < -0.3 is 4.74 Å². The molecule has 0 amide bonds. The van der Waals surface area contributed by atoms with Crippen LogP contribution in [0.3, 0.4) is 0 Å². The van der Waals surface area contributed by atoms with E-state index in [1.807, 2.05) is 6.07 Å². The quantitative estimate of drug-likeness (QED) is 0.473. The number of hydrogen-bond donors (Lipinski definition) is 0. The number of Topliss-reactive ketones (excluding diaryl/α,β-unsaturated/α-hetero) is 1. The summed E-state index contributed by atoms with van der Waals surface area (Å²) in [5.41, 5.74) is 0.0589. The lowest BCUT2D eigenvalue weighted by molar-refractivity contribution is -0.384. The zero-order chi connectivity index (χ0) is 14.7. The normalized spacial score (nSPS) is 10.3. The Hall–Kier alpha value is -1.92. The Kier molecular flexibility index (Phi) is 4.36. The van der Waals surface area contributed by atoms with Gasteiger partial charge in [-0.25, -0.2) is 0 Å². The molecule has 0 aliphatic heterocycles. The van der Waals surface area contributed by atoms with Crippen molar-refractivity contribution in [3.05, 3.63) is 55.2 Å². The van der Waals surface area contributed by atoms with Crippen molar-refractivity contribution in [2.24, 2.45) is 0 Å². The molecule has 0 N–H and O–H groups in total. The number of carbonyl (C=O) groups excluding carboxylic acids is 1. The third-order valence-electron chi connectivity index (χ3n) is 2.55. The molecular weight excluding hydrogens is 302 g/mol. The van der Waals surface area contributed by atoms with Crippen LogP contribution in [0.25, 0.3) is 0 Å². The highest BCUT2D eigenvalue weighted by Gasteiger charge is 2.15. The van der Waals surface area contributed by atoms with Gasteiger partial charge in [0.2, 0.25) is 0 Å². The second kappa shape index (κ2) is 6.02. The van der Waals surface area contributed by atoms with Crippen LogP contribution < -0.4 is 4.74 Å². The number of carbonyl (C=O) groups is 1. The summed E-state index contributed by atoms with van der Waals surface area (Å²) in [6.07, 6.45) is 0. The van der Waals surface area contributed by atoms with Crippen molar-refractivity contribution in [1.29, 1.82) is 0 Å². The first-order valence-corrected chi connectivity index (χ1v) is 6.83. The molecule has 0 atom stereocenters. The molecule has 0 fully saturated rings. The second-order valence-electron chi connectivity index (χ2n) is 3.99. The number of rotatable bonds is 5. The summed E-state index contributed by atoms with van der Waals surface area (Å²) in [6.45, 7) is 1.60. The average molecular weight is 312 g/mol. The second-order valence-corrected chi connectivity index (χ2v) is 5.79. The van der Waals surface area contributed by atoms with Crippen LogP contribution in [0.1, 0.15) is 22.2 Å². The Morgan fingerprint density at radius 1 is 1.40 bits per heavy atom. The molecule has 7 heteroatoms. The molecule has 1 aromatic heterocycles. The molecule has 0 aliphatic rings. The van der Waals surface area contributed by atoms with Gasteiger partial charge in [-0.2, -0.15) is 0 Å². The fourth-order valence-electron chi connectivity index (χ4n) is 1.61. The number of halogens is 1. The minimum Gasteiger partial charge on any atom is -0.487 e. The average Bonchev–Trinajstić information content (AvgIpc) is 2.81. The van der Waals surface area contributed by atoms with Crippen LogP contribution in [0, 0.1) is 10.1 Å². The molecular formula is C13H10ClNO4S. The van der Waals surface area contributed by atoms with E-state index < -0.39 is 4.92 Å². The van der Waals surface area contributed by atoms with E-state index >= 15 is 0 Å². The summed E-state index contributed by atoms with van der Waals surface area (Å²) < 4.78 is 6.19. The lowest BCUT2D eigenvalue weighted by Crippen LogP contribution is -2.02. The third-order valence-corrected chi connectivity index (χ3v) is 3.76. The van der Waals surface area contributed by atoms with Crippen LogP contribution in [-0.2, 0) is 6.61 Å². The third kappa shape index (κ3) is 3.34. The number of ether oxygens (including phenoxy) is 1. The number of non-ortho nitro benzene ring substituents is 1. The van der Waals surface area contributed by atoms with E-state index in [1.165, 1.54) is 36.5 Å². The van der Waals surface area contributed by atoms with Gasteiger partial charge in [0.25, 0.3) is 5.69 Å². The summed E-state index contributed by atoms with van der Waals surface area (Å²) in [6, 6.07) is 7.55. The largest absolute Gasteiger partial charge is 0.487 e. The summed E-state index contributed by atoms with van der Waals surface area (Å²) in [7, 11) is 0. The SMILES string of the molecule is CC(=O)c1cc([N+](=O)[O-])ccc1OCc1ccc(Cl)s1. The Labute approximate surface area is 123 Å². The van der Waals surface area contributed by atoms with E-state index in [0.29, 0.717) is 10.1 Å². The molecule has 0 saturated carbocycles. The predicted octanol–water partition coefficient (Wildman–Crippen LogP) is 4.09. The summed E-state index contributed by atoms with van der Waals surface area (Å²) in [5.74, 6) is 0.0422. The number of thiophene rings is 1. The Morgan fingerprint density at radius 2 is 2.15 bits per heavy atom. The number of nitrogens with zero attached hydrogens (tertiary/aromatic N) is 1. The number of benzene rings is 1. The first kappa shape index (κ1) is 14.5. The van der Waals surface area contributed by atoms with Crippen LogP contribution in [-0.4, -0.2) is 10.7 Å². The van der Waals surface area contributed by atoms with Gasteiger partial charge in [0.1, 0.15) is 12.4 Å². The topological polar surface area (TPSA) is 69.4 Å². The van der Waals surface area contributed by atoms with E-state index in [0.717, 1.165) is 4.88 Å². The summed E-state index contributed by atoms with van der Waals surface area (Å²) in [4.78, 5) is 22.6. The van der Waals surface area contributed by atoms with Gasteiger partial charge in [-0.3, -0.25) is 14.9 Å². The fraction of sp³-hybridized carbons (Fsp3) is 0.154. The molecule has 0 saturated heterocycles. The molecule has 0 aliphatic carbocycles. The van der Waals surface area contributed by atoms with E-state index in [9.17, 15) is 14.9 Å². The van der Waals surface area contributed by atoms with Crippen LogP contribution >= 0.6 is 22.9 Å². The smallest absolute Gasteiger partial charge is 0.270 e. The molecule has 0 radical (unpaired) electrons. The standard InChI is InChI=1S/C13H10ClNO4S/c1-8(16)11-6-9(15(17)18)2-4-12(11)19-7-10-3-5-13(14)20-10/h2-6H,7H2,1H3. The van der Waals surface area contributed by atoms with Gasteiger partial charge in [0.15, 0.2) is 5.78 Å². The molecule has 1 heterocycles. The Morgan fingerprint density at radius 3 is 2.70 bits per heavy atom. The van der Waals surface area contributed by atoms with Gasteiger partial charge in [-0.1, -0.05) is 11.6 Å². The van der Waals surface area contributed by atoms with E-state index in [-0.39, 0.29) is 23.6 Å². The highest BCUT2D eigenvalue weighted by atomic mass is 35.5. The van der Waals surface area contributed by atoms with Gasteiger partial charge in [-0.15, -0.1) is 11.3 Å². The Bertz CT molecular complexity index is 668. The first-order chi connectivity index (χ1) is 9.47. The maximum atomic E-state index is 11.5. The van der Waals surface area contributed by atoms with Crippen molar-refractivity contribution in [3.63, 3.8) is 0 Å². The molecule has 0 spiro atoms. The number of nitro groups is 1. The number of hydrogen-bond acceptors (Lipinski definition) is 5. The van der Waals surface area contributed by atoms with Gasteiger partial charge in [-0.05, 0) is 25.1 Å². The molecule has 0 bridgehead atoms. The molecule has 1 aromatic carbocycles. The zero-order valence-electron chi connectivity index (χ0n) is 10.5. The summed E-state index contributed by atoms with van der Waals surface area (Å²) >= 11 is 7.19. The zero-order valence-corrected chi connectivity index (χ0v) is 12.0. The molecule has 104 valence electrons. The van der Waals surface area contributed by atoms with Gasteiger partial charge in [0.05, 0.1) is 14.8 Å². The predicted molar refractivity (Wildman–Crippen MR) is 76.8 cm³/mol. The van der Waals surface area contributed by atoms with Crippen molar-refractivity contribution in [3.8, 4) is 5.75 Å². The van der Waals surface area contributed by atoms with E-state index in [2.05, 4.69) is 0 Å². The van der Waals surface area contributed by atoms with E-state index in [4.69, 9.17) is 16.3 Å². The lowest BCUT2D eigenvalue weighted by Gasteiger charge is -2.08. The maximum absolute atomic E-state index is 11.5. The van der Waals surface area contributed by atoms with E-state index in [1.54, 1.807) is 6.07 Å². The maximum Gasteiger partial charge on any atom is 0.270 e. The monoisotopic (exact) mass is 311 g/mol. The number of nitro benzene ring substituents is 1. The van der Waals surface area contributed by atoms with Crippen molar-refractivity contribution < 1.29 is 14.5 Å². The van der Waals surface area contributed by atoms with Crippen LogP contribution in [0.15, 0.2) is 30.3 Å². The fourth-order valence-corrected chi connectivity index (χ4v) is 2.61. The molecule has 5 nitrogen and oxygen atoms in total. The van der Waals surface area contributed by atoms with Crippen LogP contribution in [0.4, 0.5) is 5.69 Å². The van der Waals surface area contributed by atoms with Crippen molar-refractivity contribution in [1.82, 2.24) is 0 Å². The molecule has 2 aromatic rings. The van der Waals surface area contributed by atoms with Crippen molar-refractivity contribution in [2.45, 2.75) is 13.5 Å². The van der Waals surface area contributed by atoms with Gasteiger partial charge >= 0.3 is 0 Å². The molecule has 2 rings (SSSR count). The molecule has 0 unspecified atom stereocenters. The lowest BCUT2D eigenvalue weighted by atomic mass is 10.1. The van der Waals surface area contributed by atoms with Crippen molar-refractivity contribution >= 4 is 34.4 Å². The minimum absolute atomic E-state index is 0.137. The van der Waals surface area contributed by atoms with Crippen LogP contribution in [0.2, 0.25) is 4.34 Å². The highest BCUT2D eigenvalue weighted by Crippen LogP contribution is 2.27. The van der Waals surface area contributed by atoms with Crippen molar-refractivity contribution in [2.75, 3.05) is 0 Å². The minimum atomic E-state index is -0.546. The van der Waals surface area contributed by atoms with Crippen LogP contribution in [0.5, 0.6) is 5.75 Å². The number of ketones is 1.